The third-order valence-electron chi connectivity index (χ3n) is 5.95. The van der Waals surface area contributed by atoms with Crippen molar-refractivity contribution in [2.75, 3.05) is 0 Å². The summed E-state index contributed by atoms with van der Waals surface area (Å²) in [5.41, 5.74) is 4.28. The maximum atomic E-state index is 12.0. The van der Waals surface area contributed by atoms with Gasteiger partial charge in [0, 0.05) is 20.8 Å². The van der Waals surface area contributed by atoms with Crippen molar-refractivity contribution >= 4 is 52.1 Å². The van der Waals surface area contributed by atoms with E-state index in [1.165, 1.54) is 45.7 Å². The number of rotatable bonds is 12. The predicted octanol–water partition coefficient (Wildman–Crippen LogP) is 3.84. The van der Waals surface area contributed by atoms with Gasteiger partial charge in [0.15, 0.2) is 5.01 Å². The van der Waals surface area contributed by atoms with Gasteiger partial charge in [-0.1, -0.05) is 76.2 Å². The fourth-order valence-electron chi connectivity index (χ4n) is 3.86. The van der Waals surface area contributed by atoms with Crippen molar-refractivity contribution in [2.24, 2.45) is 11.8 Å². The molecule has 0 fully saturated rings. The van der Waals surface area contributed by atoms with Gasteiger partial charge < -0.3 is 34.3 Å². The molecular weight excluding hydrogens is 767 g/mol. The molecule has 14 heteroatoms. The zero-order valence-electron chi connectivity index (χ0n) is 32.9. The Balaban J connectivity index is -0.000000322. The van der Waals surface area contributed by atoms with Crippen LogP contribution in [0.2, 0.25) is 0 Å². The minimum absolute atomic E-state index is 0. The van der Waals surface area contributed by atoms with Gasteiger partial charge in [0.25, 0.3) is 6.47 Å². The van der Waals surface area contributed by atoms with Crippen LogP contribution in [0.5, 0.6) is 0 Å². The van der Waals surface area contributed by atoms with Crippen LogP contribution >= 0.6 is 15.9 Å². The molecule has 0 aliphatic heterocycles. The average molecular weight is 824 g/mol. The molecule has 0 aliphatic rings. The van der Waals surface area contributed by atoms with Gasteiger partial charge >= 0.3 is 75.3 Å². The Kier molecular flexibility index (Phi) is 35.9. The number of carbonyl (C=O) groups is 6. The molecule has 52 heavy (non-hydrogen) atoms. The van der Waals surface area contributed by atoms with E-state index in [4.69, 9.17) is 24.6 Å². The summed E-state index contributed by atoms with van der Waals surface area (Å²) in [5, 5.41) is 17.1. The van der Waals surface area contributed by atoms with Gasteiger partial charge in [-0.2, -0.15) is 0 Å². The third-order valence-corrected chi connectivity index (χ3v) is 6.14. The van der Waals surface area contributed by atoms with Crippen LogP contribution in [0.15, 0.2) is 48.5 Å². The first-order valence-corrected chi connectivity index (χ1v) is 17.3. The van der Waals surface area contributed by atoms with Crippen LogP contribution < -0.4 is 56.6 Å². The molecule has 0 heterocycles. The first kappa shape index (κ1) is 56.3. The summed E-state index contributed by atoms with van der Waals surface area (Å²) in [5.74, 6) is -1.32. The Morgan fingerprint density at radius 2 is 1.00 bits per heavy atom. The number of alkyl halides is 1. The number of ketones is 1. The number of hydrogen-bond acceptors (Lipinski definition) is 11. The Hall–Kier alpha value is -2.46. The molecule has 0 saturated heterocycles. The Morgan fingerprint density at radius 1 is 0.673 bits per heavy atom. The molecule has 0 bridgehead atoms. The predicted molar refractivity (Wildman–Crippen MR) is 195 cm³/mol. The van der Waals surface area contributed by atoms with Crippen LogP contribution in [-0.4, -0.2) is 52.5 Å². The quantitative estimate of drug-likeness (QED) is 0.0622. The van der Waals surface area contributed by atoms with Gasteiger partial charge in [0.05, 0.1) is 11.8 Å². The molecule has 0 radical (unpaired) electrons. The van der Waals surface area contributed by atoms with Crippen LogP contribution in [0.25, 0.3) is 0 Å². The van der Waals surface area contributed by atoms with Crippen molar-refractivity contribution in [1.29, 1.82) is 0 Å². The number of ether oxygens (including phenoxy) is 3. The molecule has 2 unspecified atom stereocenters. The molecule has 0 amide bonds. The van der Waals surface area contributed by atoms with E-state index in [0.717, 1.165) is 24.0 Å². The van der Waals surface area contributed by atoms with E-state index in [-0.39, 0.29) is 74.6 Å². The summed E-state index contributed by atoms with van der Waals surface area (Å²) < 4.78 is 14.4. The number of benzene rings is 2. The minimum Gasteiger partial charge on any atom is -0.662 e. The molecule has 288 valence electrons. The van der Waals surface area contributed by atoms with Crippen molar-refractivity contribution in [3.63, 3.8) is 0 Å². The van der Waals surface area contributed by atoms with Gasteiger partial charge in [-0.3, -0.25) is 24.0 Å². The molecule has 4 atom stereocenters. The summed E-state index contributed by atoms with van der Waals surface area (Å²) >= 11 is 3.03. The molecule has 0 saturated carbocycles. The number of carbonyl (C=O) groups excluding carboxylic acids is 5. The summed E-state index contributed by atoms with van der Waals surface area (Å²) in [6, 6.07) is 15.8. The smallest absolute Gasteiger partial charge is 0.662 e. The van der Waals surface area contributed by atoms with E-state index < -0.39 is 36.0 Å². The van der Waals surface area contributed by atoms with Crippen molar-refractivity contribution in [3.05, 3.63) is 70.8 Å². The third kappa shape index (κ3) is 34.6. The van der Waals surface area contributed by atoms with Gasteiger partial charge in [-0.25, -0.2) is 0 Å². The van der Waals surface area contributed by atoms with Crippen molar-refractivity contribution in [1.82, 2.24) is 0 Å². The normalized spacial score (nSPS) is 11.8. The maximum Gasteiger partial charge on any atom is 1.00 e. The molecule has 2 aromatic carbocycles. The SMILES string of the molecule is CC(=O)OC(C)Br.CC(=O)OC(C)OC(=O)[C@@H](C)c1ccc(CC(C)C)cc1.CC(C)=O.CC(C)Cc1ccc([C@H](C)C(=O)O)cc1.O=CO[O-].[K+]. The van der Waals surface area contributed by atoms with Crippen LogP contribution in [0, 0.1) is 11.8 Å². The Morgan fingerprint density at radius 3 is 1.23 bits per heavy atom. The Bertz CT molecular complexity index is 1290. The first-order valence-electron chi connectivity index (χ1n) is 16.4. The zero-order chi connectivity index (χ0) is 40.3. The van der Waals surface area contributed by atoms with Crippen LogP contribution in [0.4, 0.5) is 0 Å². The molecule has 0 spiro atoms. The number of carboxylic acids is 1. The van der Waals surface area contributed by atoms with E-state index in [0.29, 0.717) is 11.8 Å². The number of esters is 3. The van der Waals surface area contributed by atoms with E-state index in [1.807, 2.05) is 48.5 Å². The first-order chi connectivity index (χ1) is 23.6. The van der Waals surface area contributed by atoms with Crippen molar-refractivity contribution in [2.45, 2.75) is 119 Å². The second-order valence-corrected chi connectivity index (χ2v) is 13.6. The number of Topliss-reactive ketones (excluding diaryl/α,β-unsaturated/α-hetero) is 1. The number of carboxylic acid groups (broad SMARTS) is 1. The largest absolute Gasteiger partial charge is 1.00 e. The van der Waals surface area contributed by atoms with Crippen LogP contribution in [0.3, 0.4) is 0 Å². The molecule has 12 nitrogen and oxygen atoms in total. The van der Waals surface area contributed by atoms with E-state index in [1.54, 1.807) is 20.8 Å². The van der Waals surface area contributed by atoms with Gasteiger partial charge in [0.2, 0.25) is 6.29 Å². The fourth-order valence-corrected chi connectivity index (χ4v) is 4.12. The van der Waals surface area contributed by atoms with Gasteiger partial charge in [-0.05, 0) is 97.5 Å². The molecule has 0 aliphatic carbocycles. The Labute approximate surface area is 360 Å². The monoisotopic (exact) mass is 822 g/mol. The second-order valence-electron chi connectivity index (χ2n) is 12.3. The van der Waals surface area contributed by atoms with Crippen molar-refractivity contribution in [3.8, 4) is 0 Å². The van der Waals surface area contributed by atoms with E-state index in [2.05, 4.69) is 53.2 Å². The van der Waals surface area contributed by atoms with Crippen LogP contribution in [0.1, 0.15) is 117 Å². The topological polar surface area (TPSA) is 183 Å². The molecule has 0 aromatic heterocycles. The molecular formula is C38H56BrKO12. The average Bonchev–Trinajstić information content (AvgIpc) is 3.00. The second kappa shape index (κ2) is 33.1. The summed E-state index contributed by atoms with van der Waals surface area (Å²) in [6.07, 6.45) is 1.20. The molecule has 2 aromatic rings. The maximum absolute atomic E-state index is 12.0. The summed E-state index contributed by atoms with van der Waals surface area (Å²) in [7, 11) is 0. The standard InChI is InChI=1S/C17H24O4.C13H18O2.C4H7BrO2.C3H6O.CH2O3.K/c1-11(2)10-15-6-8-16(9-7-15)12(3)17(19)21-14(5)20-13(4)18;1-9(2)8-11-4-6-12(7-5-11)10(3)13(14)15;1-3(5)7-4(2)6;1-3(2)4;2-1-4-3;/h6-9,11-12,14H,10H2,1-5H3;4-7,9-10H,8H2,1-3H3,(H,14,15);3H,1-2H3;1-2H3;1,3H;/q;;;;;+1/p-1/t12-,14?;10-;;;;/m00..../s1. The number of aliphatic carboxylic acids is 1. The summed E-state index contributed by atoms with van der Waals surface area (Å²) in [4.78, 5) is 64.2. The van der Waals surface area contributed by atoms with E-state index in [9.17, 15) is 24.0 Å². The molecule has 2 rings (SSSR count). The molecule has 1 N–H and O–H groups in total. The van der Waals surface area contributed by atoms with Crippen molar-refractivity contribution < 1.29 is 110 Å². The zero-order valence-corrected chi connectivity index (χ0v) is 37.6. The van der Waals surface area contributed by atoms with Gasteiger partial charge in [0.1, 0.15) is 5.78 Å². The minimum atomic E-state index is -0.863. The van der Waals surface area contributed by atoms with Gasteiger partial charge in [-0.15, -0.1) is 0 Å². The number of hydrogen-bond donors (Lipinski definition) is 1. The fraction of sp³-hybridized carbons (Fsp3) is 0.526. The van der Waals surface area contributed by atoms with E-state index >= 15 is 0 Å². The summed E-state index contributed by atoms with van der Waals surface area (Å²) in [6.45, 7) is 21.0. The number of halogens is 1. The van der Waals surface area contributed by atoms with Crippen LogP contribution in [-0.2, 0) is 60.7 Å².